The zero-order chi connectivity index (χ0) is 4.71. The van der Waals surface area contributed by atoms with E-state index in [-0.39, 0.29) is 29.7 Å². The third-order valence-corrected chi connectivity index (χ3v) is 0. The molecule has 64 valence electrons. The van der Waals surface area contributed by atoms with Crippen LogP contribution >= 0.6 is 0 Å². The summed E-state index contributed by atoms with van der Waals surface area (Å²) in [6.45, 7) is 6.22. The van der Waals surface area contributed by atoms with E-state index in [4.69, 9.17) is 0 Å². The minimum atomic E-state index is 0. The van der Waals surface area contributed by atoms with Crippen molar-refractivity contribution >= 4 is 24.4 Å². The molecule has 0 nitrogen and oxygen atoms in total. The molecule has 0 aromatic heterocycles. The Kier molecular flexibility index (Phi) is 905. The van der Waals surface area contributed by atoms with Gasteiger partial charge in [-0.15, -0.1) is 0 Å². The molecule has 0 saturated carbocycles. The van der Waals surface area contributed by atoms with Gasteiger partial charge in [-0.05, 0) is 0 Å². The van der Waals surface area contributed by atoms with Crippen LogP contribution in [0.1, 0.15) is 50.5 Å². The quantitative estimate of drug-likeness (QED) is 0.606. The normalized spacial score (nSPS) is 2.56. The molecule has 0 atom stereocenters. The van der Waals surface area contributed by atoms with E-state index in [2.05, 4.69) is 6.92 Å². The molecule has 0 rings (SSSR count). The summed E-state index contributed by atoms with van der Waals surface area (Å²) >= 11 is 0.982. The average molecular weight is 240 g/mol. The Hall–Kier alpha value is 0.870. The zero-order valence-electron chi connectivity index (χ0n) is 4.71. The van der Waals surface area contributed by atoms with Gasteiger partial charge in [0.15, 0.2) is 0 Å². The molecule has 0 fully saturated rings. The van der Waals surface area contributed by atoms with Crippen molar-refractivity contribution in [2.45, 2.75) is 54.7 Å². The van der Waals surface area contributed by atoms with Crippen LogP contribution in [-0.2, 0) is 0 Å². The van der Waals surface area contributed by atoms with Crippen LogP contribution in [0.3, 0.4) is 0 Å². The van der Waals surface area contributed by atoms with Gasteiger partial charge in [-0.1, -0.05) is 43.6 Å². The molecule has 0 unspecified atom stereocenters. The second-order valence-corrected chi connectivity index (χ2v) is 4.74. The van der Waals surface area contributed by atoms with Crippen molar-refractivity contribution in [2.24, 2.45) is 0 Å². The predicted octanol–water partition coefficient (Wildman–Crippen LogP) is 3.63. The molecule has 0 aliphatic carbocycles. The molecule has 0 bridgehead atoms. The standard InChI is InChI=1S/C2H6.C2H5.4CH4.In.2H/c2*1-2;;;;;;;/h1-2H3;1H2,2H3;4*1H4;;;. The first-order valence-corrected chi connectivity index (χ1v) is 6.45. The first kappa shape index (κ1) is 51.8. The van der Waals surface area contributed by atoms with Crippen LogP contribution in [0.25, 0.3) is 0 Å². The van der Waals surface area contributed by atoms with Gasteiger partial charge in [0.2, 0.25) is 0 Å². The van der Waals surface area contributed by atoms with Gasteiger partial charge < -0.3 is 0 Å². The maximum absolute atomic E-state index is 2.22. The summed E-state index contributed by atoms with van der Waals surface area (Å²) in [6.07, 6.45) is 0. The Morgan fingerprint density at radius 1 is 0.889 bits per heavy atom. The molecule has 0 radical (unpaired) electrons. The molecule has 9 heavy (non-hydrogen) atoms. The van der Waals surface area contributed by atoms with E-state index in [1.807, 2.05) is 13.8 Å². The fourth-order valence-electron chi connectivity index (χ4n) is 0. The molecule has 0 spiro atoms. The summed E-state index contributed by atoms with van der Waals surface area (Å²) in [4.78, 5) is 0. The molecule has 0 aromatic rings. The van der Waals surface area contributed by atoms with Gasteiger partial charge >= 0.3 is 35.5 Å². The van der Waals surface area contributed by atoms with Crippen molar-refractivity contribution in [3.8, 4) is 0 Å². The SMILES string of the molecule is C.C.C.C.CC.C[CH2][InH2]. The maximum atomic E-state index is 2.22. The Morgan fingerprint density at radius 3 is 0.889 bits per heavy atom. The van der Waals surface area contributed by atoms with Gasteiger partial charge in [0, 0.05) is 0 Å². The minimum absolute atomic E-state index is 0. The van der Waals surface area contributed by atoms with Crippen molar-refractivity contribution < 1.29 is 0 Å². The summed E-state index contributed by atoms with van der Waals surface area (Å²) in [7, 11) is 0. The third-order valence-electron chi connectivity index (χ3n) is 0. The van der Waals surface area contributed by atoms with Crippen molar-refractivity contribution in [1.29, 1.82) is 0 Å². The van der Waals surface area contributed by atoms with Crippen LogP contribution in [0.5, 0.6) is 0 Å². The number of hydrogen-bond donors (Lipinski definition) is 0. The molecule has 0 aliphatic rings. The van der Waals surface area contributed by atoms with Gasteiger partial charge in [-0.2, -0.15) is 0 Å². The fraction of sp³-hybridized carbons (Fsp3) is 1.00. The van der Waals surface area contributed by atoms with Crippen LogP contribution in [-0.4, -0.2) is 24.4 Å². The number of rotatable bonds is 0. The molecule has 1 heteroatoms. The van der Waals surface area contributed by atoms with Crippen molar-refractivity contribution in [1.82, 2.24) is 0 Å². The molecule has 0 aromatic carbocycles. The summed E-state index contributed by atoms with van der Waals surface area (Å²) in [5.74, 6) is 0. The van der Waals surface area contributed by atoms with Crippen LogP contribution in [0.15, 0.2) is 0 Å². The Morgan fingerprint density at radius 2 is 0.889 bits per heavy atom. The van der Waals surface area contributed by atoms with Gasteiger partial charge in [0.25, 0.3) is 0 Å². The van der Waals surface area contributed by atoms with E-state index in [0.29, 0.717) is 0 Å². The van der Waals surface area contributed by atoms with Gasteiger partial charge in [0.1, 0.15) is 0 Å². The summed E-state index contributed by atoms with van der Waals surface area (Å²) in [5.41, 5.74) is 0. The fourth-order valence-corrected chi connectivity index (χ4v) is 0. The van der Waals surface area contributed by atoms with Crippen molar-refractivity contribution in [2.75, 3.05) is 0 Å². The third kappa shape index (κ3) is 553. The topological polar surface area (TPSA) is 0 Å². The van der Waals surface area contributed by atoms with E-state index >= 15 is 0 Å². The summed E-state index contributed by atoms with van der Waals surface area (Å²) < 4.78 is 1.46. The van der Waals surface area contributed by atoms with E-state index in [9.17, 15) is 0 Å². The Bertz CT molecular complexity index is 4.53. The average Bonchev–Trinajstić information content (AvgIpc) is 1.46. The second-order valence-electron chi connectivity index (χ2n) is 0.707. The first-order valence-electron chi connectivity index (χ1n) is 2.41. The predicted molar refractivity (Wildman–Crippen MR) is 57.3 cm³/mol. The zero-order valence-corrected chi connectivity index (χ0v) is 10.4. The van der Waals surface area contributed by atoms with Crippen molar-refractivity contribution in [3.05, 3.63) is 0 Å². The van der Waals surface area contributed by atoms with Crippen LogP contribution in [0, 0.1) is 0 Å². The van der Waals surface area contributed by atoms with Gasteiger partial charge in [0.05, 0.1) is 0 Å². The van der Waals surface area contributed by atoms with E-state index in [1.54, 1.807) is 0 Å². The monoisotopic (exact) mass is 240 g/mol. The molecule has 0 N–H and O–H groups in total. The van der Waals surface area contributed by atoms with Crippen LogP contribution < -0.4 is 0 Å². The molecular weight excluding hydrogens is 211 g/mol. The van der Waals surface area contributed by atoms with Gasteiger partial charge in [-0.25, -0.2) is 0 Å². The van der Waals surface area contributed by atoms with E-state index < -0.39 is 0 Å². The summed E-state index contributed by atoms with van der Waals surface area (Å²) in [6, 6.07) is 0. The van der Waals surface area contributed by atoms with Crippen LogP contribution in [0.4, 0.5) is 0 Å². The van der Waals surface area contributed by atoms with E-state index in [1.165, 1.54) is 4.18 Å². The van der Waals surface area contributed by atoms with Gasteiger partial charge in [-0.3, -0.25) is 0 Å². The Balaban J connectivity index is -0.00000000357. The molecule has 0 amide bonds. The van der Waals surface area contributed by atoms with E-state index in [0.717, 1.165) is 24.4 Å². The molecule has 0 heterocycles. The Labute approximate surface area is 79.0 Å². The molecule has 0 aliphatic heterocycles. The first-order chi connectivity index (χ1) is 2.41. The molecule has 0 saturated heterocycles. The molecular formula is C8H29In. The van der Waals surface area contributed by atoms with Crippen LogP contribution in [0.2, 0.25) is 4.18 Å². The van der Waals surface area contributed by atoms with Crippen molar-refractivity contribution in [3.63, 3.8) is 0 Å². The summed E-state index contributed by atoms with van der Waals surface area (Å²) in [5, 5.41) is 0. The second kappa shape index (κ2) is 157. The number of hydrogen-bond acceptors (Lipinski definition) is 0.